The van der Waals surface area contributed by atoms with Crippen LogP contribution in [0.2, 0.25) is 0 Å². The number of hydrogen-bond donors (Lipinski definition) is 2. The Morgan fingerprint density at radius 3 is 2.00 bits per heavy atom. The Kier molecular flexibility index (Phi) is 11.2. The van der Waals surface area contributed by atoms with Gasteiger partial charge in [0.15, 0.2) is 9.84 Å². The number of nitrogens with zero attached hydrogens (tertiary/aromatic N) is 4. The van der Waals surface area contributed by atoms with Gasteiger partial charge in [-0.1, -0.05) is 39.0 Å². The summed E-state index contributed by atoms with van der Waals surface area (Å²) < 4.78 is 76.4. The number of benzene rings is 2. The maximum Gasteiger partial charge on any atom is 0.472 e. The number of nitrogens with one attached hydrogen (secondary N) is 2. The van der Waals surface area contributed by atoms with Crippen LogP contribution in [0.5, 0.6) is 0 Å². The Balaban J connectivity index is 1.48. The highest BCUT2D eigenvalue weighted by Crippen LogP contribution is 2.24. The van der Waals surface area contributed by atoms with E-state index in [0.717, 1.165) is 50.4 Å². The molecule has 0 aromatic heterocycles. The number of sulfone groups is 1. The van der Waals surface area contributed by atoms with Crippen molar-refractivity contribution in [3.8, 4) is 0 Å². The van der Waals surface area contributed by atoms with Gasteiger partial charge in [0, 0.05) is 69.2 Å². The van der Waals surface area contributed by atoms with Crippen LogP contribution in [-0.2, 0) is 27.7 Å². The van der Waals surface area contributed by atoms with Crippen LogP contribution in [0.3, 0.4) is 0 Å². The van der Waals surface area contributed by atoms with E-state index in [-0.39, 0.29) is 47.7 Å². The summed E-state index contributed by atoms with van der Waals surface area (Å²) in [6, 6.07) is 9.87. The summed E-state index contributed by atoms with van der Waals surface area (Å²) in [6.45, 7) is 11.8. The van der Waals surface area contributed by atoms with E-state index >= 15 is 4.39 Å². The Morgan fingerprint density at radius 1 is 0.851 bits per heavy atom. The fourth-order valence-electron chi connectivity index (χ4n) is 5.40. The van der Waals surface area contributed by atoms with E-state index in [4.69, 9.17) is 0 Å². The fraction of sp³-hybridized carbons (Fsp3) is 0.516. The second-order valence-electron chi connectivity index (χ2n) is 13.0. The molecule has 16 heteroatoms. The van der Waals surface area contributed by atoms with Gasteiger partial charge in [-0.05, 0) is 35.2 Å². The van der Waals surface area contributed by atoms with Crippen molar-refractivity contribution in [1.82, 2.24) is 25.6 Å². The van der Waals surface area contributed by atoms with Crippen molar-refractivity contribution >= 4 is 33.4 Å². The van der Waals surface area contributed by atoms with Gasteiger partial charge in [-0.15, -0.1) is 0 Å². The second-order valence-corrected chi connectivity index (χ2v) is 15.3. The van der Waals surface area contributed by atoms with Gasteiger partial charge in [0.1, 0.15) is 5.82 Å². The molecule has 0 spiro atoms. The molecular formula is C31H40F4N6O5S. The number of anilines is 1. The number of urea groups is 1. The molecule has 0 aliphatic carbocycles. The average Bonchev–Trinajstić information content (AvgIpc) is 2.99. The van der Waals surface area contributed by atoms with Crippen LogP contribution < -0.4 is 15.8 Å². The van der Waals surface area contributed by atoms with Crippen LogP contribution in [0.25, 0.3) is 0 Å². The molecule has 0 atom stereocenters. The number of alkyl halides is 3. The van der Waals surface area contributed by atoms with Crippen molar-refractivity contribution in [2.75, 3.05) is 62.2 Å². The van der Waals surface area contributed by atoms with Crippen molar-refractivity contribution in [1.29, 1.82) is 0 Å². The van der Waals surface area contributed by atoms with E-state index in [1.54, 1.807) is 17.6 Å². The predicted octanol–water partition coefficient (Wildman–Crippen LogP) is 3.17. The van der Waals surface area contributed by atoms with Gasteiger partial charge in [0.05, 0.1) is 18.1 Å². The zero-order chi connectivity index (χ0) is 34.6. The number of hydrazine groups is 1. The first kappa shape index (κ1) is 36.1. The first-order valence-corrected chi connectivity index (χ1v) is 17.0. The maximum absolute atomic E-state index is 15.2. The summed E-state index contributed by atoms with van der Waals surface area (Å²) in [5.74, 6) is -4.88. The molecule has 0 unspecified atom stereocenters. The van der Waals surface area contributed by atoms with E-state index in [9.17, 15) is 36.0 Å². The van der Waals surface area contributed by atoms with Gasteiger partial charge >= 0.3 is 18.1 Å². The monoisotopic (exact) mass is 684 g/mol. The summed E-state index contributed by atoms with van der Waals surface area (Å²) in [6.07, 6.45) is -5.23. The molecule has 2 aromatic carbocycles. The van der Waals surface area contributed by atoms with Crippen molar-refractivity contribution in [3.05, 3.63) is 65.0 Å². The van der Waals surface area contributed by atoms with Crippen LogP contribution in [0.4, 0.5) is 28.0 Å². The number of carbonyl (C=O) groups excluding carboxylic acids is 3. The Morgan fingerprint density at radius 2 is 1.45 bits per heavy atom. The maximum atomic E-state index is 15.2. The van der Waals surface area contributed by atoms with E-state index in [0.29, 0.717) is 12.2 Å². The lowest BCUT2D eigenvalue weighted by atomic mass is 9.96. The molecule has 0 saturated carbocycles. The lowest BCUT2D eigenvalue weighted by Crippen LogP contribution is -2.50. The molecule has 47 heavy (non-hydrogen) atoms. The van der Waals surface area contributed by atoms with Gasteiger partial charge in [0.25, 0.3) is 5.91 Å². The third-order valence-corrected chi connectivity index (χ3v) is 9.46. The number of carbonyl (C=O) groups is 3. The zero-order valence-corrected chi connectivity index (χ0v) is 27.4. The minimum Gasteiger partial charge on any atom is -0.322 e. The van der Waals surface area contributed by atoms with E-state index in [2.05, 4.69) is 30.6 Å². The average molecular weight is 685 g/mol. The van der Waals surface area contributed by atoms with Gasteiger partial charge in [-0.2, -0.15) is 13.2 Å². The smallest absolute Gasteiger partial charge is 0.322 e. The Labute approximate surface area is 271 Å². The van der Waals surface area contributed by atoms with Crippen molar-refractivity contribution in [2.45, 2.75) is 40.0 Å². The normalized spacial score (nSPS) is 17.6. The van der Waals surface area contributed by atoms with Crippen LogP contribution in [-0.4, -0.2) is 104 Å². The first-order valence-electron chi connectivity index (χ1n) is 15.2. The van der Waals surface area contributed by atoms with E-state index in [1.807, 2.05) is 12.1 Å². The summed E-state index contributed by atoms with van der Waals surface area (Å²) in [5, 5.41) is 0. The number of amides is 4. The highest BCUT2D eigenvalue weighted by molar-refractivity contribution is 7.91. The van der Waals surface area contributed by atoms with E-state index in [1.165, 1.54) is 21.3 Å². The Hall–Kier alpha value is -3.76. The van der Waals surface area contributed by atoms with Crippen LogP contribution in [0.1, 0.15) is 42.3 Å². The minimum absolute atomic E-state index is 0.00365. The molecule has 4 rings (SSSR count). The van der Waals surface area contributed by atoms with Gasteiger partial charge in [-0.25, -0.2) is 17.6 Å². The highest BCUT2D eigenvalue weighted by atomic mass is 32.2. The van der Waals surface area contributed by atoms with Crippen molar-refractivity contribution < 1.29 is 40.4 Å². The Bertz CT molecular complexity index is 1540. The molecule has 2 saturated heterocycles. The lowest BCUT2D eigenvalue weighted by Gasteiger charge is -2.38. The first-order chi connectivity index (χ1) is 21.9. The summed E-state index contributed by atoms with van der Waals surface area (Å²) in [4.78, 5) is 44.4. The number of halogens is 4. The van der Waals surface area contributed by atoms with Gasteiger partial charge < -0.3 is 9.80 Å². The van der Waals surface area contributed by atoms with Crippen LogP contribution in [0, 0.1) is 11.2 Å². The third kappa shape index (κ3) is 10.4. The molecular weight excluding hydrogens is 644 g/mol. The highest BCUT2D eigenvalue weighted by Gasteiger charge is 2.39. The number of hydrogen-bond acceptors (Lipinski definition) is 7. The summed E-state index contributed by atoms with van der Waals surface area (Å²) >= 11 is 0. The van der Waals surface area contributed by atoms with E-state index < -0.39 is 39.7 Å². The fourth-order valence-corrected chi connectivity index (χ4v) is 6.60. The summed E-state index contributed by atoms with van der Waals surface area (Å²) in [7, 11) is -3.28. The molecule has 4 amide bonds. The third-order valence-electron chi connectivity index (χ3n) is 7.85. The molecule has 2 aliphatic rings. The van der Waals surface area contributed by atoms with Crippen molar-refractivity contribution in [3.63, 3.8) is 0 Å². The minimum atomic E-state index is -5.23. The van der Waals surface area contributed by atoms with Gasteiger partial charge in [-0.3, -0.25) is 30.2 Å². The molecule has 2 aliphatic heterocycles. The zero-order valence-electron chi connectivity index (χ0n) is 26.6. The quantitative estimate of drug-likeness (QED) is 0.340. The largest absolute Gasteiger partial charge is 0.472 e. The number of rotatable bonds is 7. The SMILES string of the molecule is CC(C)(C)CN1CCN(Cc2ccc(N(Cc3ccc(C(=O)NNC(=O)C(F)(F)F)cc3F)C(=O)N3CCS(=O)(=O)CC3)cc2)CC1. The standard InChI is InChI=1S/C31H40F4N6O5S/c1-30(2,3)21-39-12-10-38(11-13-39)19-22-4-8-25(9-5-22)41(29(44)40-14-16-47(45,46)17-15-40)20-24-7-6-23(18-26(24)32)27(42)36-37-28(43)31(33,34)35/h4-9,18H,10-17,19-21H2,1-3H3,(H,36,42)(H,37,43). The predicted molar refractivity (Wildman–Crippen MR) is 167 cm³/mol. The second kappa shape index (κ2) is 14.6. The molecule has 0 radical (unpaired) electrons. The molecule has 11 nitrogen and oxygen atoms in total. The van der Waals surface area contributed by atoms with Crippen molar-refractivity contribution in [2.24, 2.45) is 5.41 Å². The molecule has 2 aromatic rings. The van der Waals surface area contributed by atoms with Crippen LogP contribution >= 0.6 is 0 Å². The molecule has 258 valence electrons. The lowest BCUT2D eigenvalue weighted by molar-refractivity contribution is -0.174. The topological polar surface area (TPSA) is 122 Å². The molecule has 2 fully saturated rings. The van der Waals surface area contributed by atoms with Gasteiger partial charge in [0.2, 0.25) is 0 Å². The molecule has 0 bridgehead atoms. The summed E-state index contributed by atoms with van der Waals surface area (Å²) in [5.41, 5.74) is 4.11. The molecule has 2 heterocycles. The van der Waals surface area contributed by atoms with Crippen LogP contribution in [0.15, 0.2) is 42.5 Å². The molecule has 2 N–H and O–H groups in total. The number of piperazine rings is 1.